The molecule has 0 aliphatic heterocycles. The smallest absolute Gasteiger partial charge is 0.0464 e. The molecule has 0 aromatic heterocycles. The van der Waals surface area contributed by atoms with E-state index in [0.717, 1.165) is 18.1 Å². The summed E-state index contributed by atoms with van der Waals surface area (Å²) in [4.78, 5) is 0. The van der Waals surface area contributed by atoms with Crippen LogP contribution in [0, 0.1) is 19.8 Å². The molecule has 0 amide bonds. The van der Waals surface area contributed by atoms with Crippen molar-refractivity contribution in [2.75, 3.05) is 24.7 Å². The minimum atomic E-state index is 0.280. The number of benzene rings is 1. The van der Waals surface area contributed by atoms with Crippen LogP contribution in [0.15, 0.2) is 18.2 Å². The molecular weight excluding hydrogens is 254 g/mol. The lowest BCUT2D eigenvalue weighted by Gasteiger charge is -2.20. The SMILES string of the molecule is CCNC(CSCC(C)CO)c1cc(C)cc(C)c1. The normalized spacial score (nSPS) is 14.4. The van der Waals surface area contributed by atoms with Crippen LogP contribution in [0.1, 0.15) is 36.6 Å². The Morgan fingerprint density at radius 1 is 1.16 bits per heavy atom. The average molecular weight is 281 g/mol. The van der Waals surface area contributed by atoms with Crippen molar-refractivity contribution in [3.8, 4) is 0 Å². The van der Waals surface area contributed by atoms with Gasteiger partial charge in [-0.2, -0.15) is 11.8 Å². The second-order valence-electron chi connectivity index (χ2n) is 5.36. The molecular formula is C16H27NOS. The predicted molar refractivity (Wildman–Crippen MR) is 85.9 cm³/mol. The maximum absolute atomic E-state index is 9.06. The van der Waals surface area contributed by atoms with Gasteiger partial charge >= 0.3 is 0 Å². The third-order valence-corrected chi connectivity index (χ3v) is 4.47. The van der Waals surface area contributed by atoms with E-state index in [0.29, 0.717) is 12.0 Å². The maximum atomic E-state index is 9.06. The van der Waals surface area contributed by atoms with Gasteiger partial charge < -0.3 is 10.4 Å². The molecule has 0 saturated heterocycles. The molecule has 0 radical (unpaired) electrons. The van der Waals surface area contributed by atoms with Crippen LogP contribution in [0.2, 0.25) is 0 Å². The fourth-order valence-corrected chi connectivity index (χ4v) is 3.36. The zero-order valence-corrected chi connectivity index (χ0v) is 13.4. The molecule has 0 saturated carbocycles. The molecule has 0 aliphatic rings. The molecule has 0 fully saturated rings. The quantitative estimate of drug-likeness (QED) is 0.767. The van der Waals surface area contributed by atoms with Crippen LogP contribution in [0.4, 0.5) is 0 Å². The van der Waals surface area contributed by atoms with Gasteiger partial charge in [-0.05, 0) is 37.6 Å². The molecule has 0 aliphatic carbocycles. The van der Waals surface area contributed by atoms with Crippen LogP contribution in [0.25, 0.3) is 0 Å². The minimum Gasteiger partial charge on any atom is -0.396 e. The van der Waals surface area contributed by atoms with Crippen LogP contribution in [-0.4, -0.2) is 29.8 Å². The lowest BCUT2D eigenvalue weighted by atomic mass is 10.0. The largest absolute Gasteiger partial charge is 0.396 e. The van der Waals surface area contributed by atoms with E-state index in [1.807, 2.05) is 11.8 Å². The second-order valence-corrected chi connectivity index (χ2v) is 6.43. The van der Waals surface area contributed by atoms with Gasteiger partial charge in [0.15, 0.2) is 0 Å². The van der Waals surface area contributed by atoms with Gasteiger partial charge in [0, 0.05) is 18.4 Å². The van der Waals surface area contributed by atoms with Crippen LogP contribution < -0.4 is 5.32 Å². The summed E-state index contributed by atoms with van der Waals surface area (Å²) in [6.45, 7) is 9.81. The van der Waals surface area contributed by atoms with Crippen molar-refractivity contribution in [3.63, 3.8) is 0 Å². The van der Waals surface area contributed by atoms with E-state index in [-0.39, 0.29) is 6.61 Å². The summed E-state index contributed by atoms with van der Waals surface area (Å²) in [5, 5.41) is 12.6. The number of thioether (sulfide) groups is 1. The molecule has 1 aromatic rings. The number of aliphatic hydroxyl groups is 1. The maximum Gasteiger partial charge on any atom is 0.0464 e. The highest BCUT2D eigenvalue weighted by Crippen LogP contribution is 2.22. The fraction of sp³-hybridized carbons (Fsp3) is 0.625. The Morgan fingerprint density at radius 2 is 1.79 bits per heavy atom. The van der Waals surface area contributed by atoms with E-state index in [4.69, 9.17) is 5.11 Å². The minimum absolute atomic E-state index is 0.280. The Labute approximate surface area is 122 Å². The van der Waals surface area contributed by atoms with E-state index in [9.17, 15) is 0 Å². The zero-order valence-electron chi connectivity index (χ0n) is 12.6. The third kappa shape index (κ3) is 5.98. The van der Waals surface area contributed by atoms with Crippen LogP contribution in [0.5, 0.6) is 0 Å². The fourth-order valence-electron chi connectivity index (χ4n) is 2.17. The van der Waals surface area contributed by atoms with Crippen LogP contribution in [0.3, 0.4) is 0 Å². The van der Waals surface area contributed by atoms with Gasteiger partial charge in [0.1, 0.15) is 0 Å². The predicted octanol–water partition coefficient (Wildman–Crippen LogP) is 3.32. The molecule has 3 heteroatoms. The zero-order chi connectivity index (χ0) is 14.3. The molecule has 1 aromatic carbocycles. The van der Waals surface area contributed by atoms with Crippen molar-refractivity contribution >= 4 is 11.8 Å². The Bertz CT molecular complexity index is 361. The van der Waals surface area contributed by atoms with Crippen molar-refractivity contribution in [3.05, 3.63) is 34.9 Å². The van der Waals surface area contributed by atoms with Crippen molar-refractivity contribution < 1.29 is 5.11 Å². The molecule has 108 valence electrons. The number of hydrogen-bond acceptors (Lipinski definition) is 3. The molecule has 2 nitrogen and oxygen atoms in total. The molecule has 0 spiro atoms. The number of hydrogen-bond donors (Lipinski definition) is 2. The summed E-state index contributed by atoms with van der Waals surface area (Å²) >= 11 is 1.92. The van der Waals surface area contributed by atoms with Crippen LogP contribution >= 0.6 is 11.8 Å². The Balaban J connectivity index is 2.65. The summed E-state index contributed by atoms with van der Waals surface area (Å²) in [5.74, 6) is 2.45. The highest BCUT2D eigenvalue weighted by atomic mass is 32.2. The van der Waals surface area contributed by atoms with Crippen LogP contribution in [-0.2, 0) is 0 Å². The van der Waals surface area contributed by atoms with Gasteiger partial charge in [-0.15, -0.1) is 0 Å². The van der Waals surface area contributed by atoms with E-state index >= 15 is 0 Å². The van der Waals surface area contributed by atoms with E-state index in [2.05, 4.69) is 51.2 Å². The van der Waals surface area contributed by atoms with Gasteiger partial charge in [-0.3, -0.25) is 0 Å². The lowest BCUT2D eigenvalue weighted by molar-refractivity contribution is 0.250. The molecule has 2 unspecified atom stereocenters. The molecule has 2 atom stereocenters. The first kappa shape index (κ1) is 16.5. The number of rotatable bonds is 8. The summed E-state index contributed by atoms with van der Waals surface area (Å²) in [6, 6.07) is 7.17. The molecule has 2 N–H and O–H groups in total. The Morgan fingerprint density at radius 3 is 2.32 bits per heavy atom. The van der Waals surface area contributed by atoms with Gasteiger partial charge in [0.2, 0.25) is 0 Å². The van der Waals surface area contributed by atoms with Crippen molar-refractivity contribution in [2.24, 2.45) is 5.92 Å². The first-order valence-electron chi connectivity index (χ1n) is 7.07. The van der Waals surface area contributed by atoms with Gasteiger partial charge in [-0.1, -0.05) is 43.2 Å². The summed E-state index contributed by atoms with van der Waals surface area (Å²) in [5.41, 5.74) is 4.03. The van der Waals surface area contributed by atoms with Gasteiger partial charge in [-0.25, -0.2) is 0 Å². The number of aliphatic hydroxyl groups excluding tert-OH is 1. The highest BCUT2D eigenvalue weighted by Gasteiger charge is 2.12. The first-order chi connectivity index (χ1) is 9.06. The van der Waals surface area contributed by atoms with Gasteiger partial charge in [0.05, 0.1) is 0 Å². The van der Waals surface area contributed by atoms with Crippen molar-refractivity contribution in [1.82, 2.24) is 5.32 Å². The average Bonchev–Trinajstić information content (AvgIpc) is 2.36. The summed E-state index contributed by atoms with van der Waals surface area (Å²) in [7, 11) is 0. The topological polar surface area (TPSA) is 32.3 Å². The highest BCUT2D eigenvalue weighted by molar-refractivity contribution is 7.99. The lowest BCUT2D eigenvalue weighted by Crippen LogP contribution is -2.23. The van der Waals surface area contributed by atoms with E-state index < -0.39 is 0 Å². The number of aryl methyl sites for hydroxylation is 2. The first-order valence-corrected chi connectivity index (χ1v) is 8.22. The van der Waals surface area contributed by atoms with Crippen molar-refractivity contribution in [2.45, 2.75) is 33.7 Å². The van der Waals surface area contributed by atoms with Gasteiger partial charge in [0.25, 0.3) is 0 Å². The molecule has 0 bridgehead atoms. The Hall–Kier alpha value is -0.510. The monoisotopic (exact) mass is 281 g/mol. The summed E-state index contributed by atoms with van der Waals surface area (Å²) < 4.78 is 0. The third-order valence-electron chi connectivity index (χ3n) is 3.10. The summed E-state index contributed by atoms with van der Waals surface area (Å²) in [6.07, 6.45) is 0. The standard InChI is InChI=1S/C16H27NOS/c1-5-17-16(11-19-10-14(4)9-18)15-7-12(2)6-13(3)8-15/h6-8,14,16-18H,5,9-11H2,1-4H3. The van der Waals surface area contributed by atoms with E-state index in [1.165, 1.54) is 16.7 Å². The molecule has 1 rings (SSSR count). The molecule has 0 heterocycles. The molecule has 19 heavy (non-hydrogen) atoms. The Kier molecular flexibility index (Phi) is 7.51. The van der Waals surface area contributed by atoms with Crippen molar-refractivity contribution in [1.29, 1.82) is 0 Å². The second kappa shape index (κ2) is 8.62. The number of nitrogens with one attached hydrogen (secondary N) is 1. The van der Waals surface area contributed by atoms with E-state index in [1.54, 1.807) is 0 Å².